The second-order valence-corrected chi connectivity index (χ2v) is 4.63. The Morgan fingerprint density at radius 2 is 2.21 bits per heavy atom. The maximum atomic E-state index is 11.5. The van der Waals surface area contributed by atoms with Crippen molar-refractivity contribution in [1.82, 2.24) is 0 Å². The Kier molecular flexibility index (Phi) is 2.01. The monoisotopic (exact) mass is 198 g/mol. The third-order valence-electron chi connectivity index (χ3n) is 2.94. The molecule has 2 rings (SSSR count). The molecule has 2 aliphatic rings. The van der Waals surface area contributed by atoms with Crippen molar-refractivity contribution in [2.75, 3.05) is 6.61 Å². The zero-order chi connectivity index (χ0) is 10.3. The highest BCUT2D eigenvalue weighted by molar-refractivity contribution is 5.83. The number of hydrogen-bond donors (Lipinski definition) is 0. The van der Waals surface area contributed by atoms with Crippen LogP contribution in [-0.2, 0) is 19.1 Å². The maximum absolute atomic E-state index is 11.5. The number of esters is 2. The first kappa shape index (κ1) is 9.49. The van der Waals surface area contributed by atoms with Gasteiger partial charge in [-0.1, -0.05) is 13.8 Å². The molecule has 0 aromatic rings. The van der Waals surface area contributed by atoms with E-state index in [1.807, 2.05) is 13.8 Å². The van der Waals surface area contributed by atoms with Crippen LogP contribution < -0.4 is 0 Å². The quantitative estimate of drug-likeness (QED) is 0.618. The van der Waals surface area contributed by atoms with Gasteiger partial charge in [0.05, 0.1) is 12.5 Å². The first-order valence-corrected chi connectivity index (χ1v) is 4.88. The van der Waals surface area contributed by atoms with Gasteiger partial charge in [-0.3, -0.25) is 4.79 Å². The molecule has 4 nitrogen and oxygen atoms in total. The molecule has 2 atom stereocenters. The van der Waals surface area contributed by atoms with Crippen molar-refractivity contribution in [2.24, 2.45) is 11.3 Å². The number of carbonyl (C=O) groups excluding carboxylic acids is 2. The second-order valence-electron chi connectivity index (χ2n) is 4.63. The van der Waals surface area contributed by atoms with Crippen LogP contribution in [0.25, 0.3) is 0 Å². The minimum Gasteiger partial charge on any atom is -0.463 e. The van der Waals surface area contributed by atoms with Crippen LogP contribution in [0.4, 0.5) is 0 Å². The Hall–Kier alpha value is -1.06. The van der Waals surface area contributed by atoms with E-state index < -0.39 is 12.1 Å². The minimum atomic E-state index is -0.654. The van der Waals surface area contributed by atoms with Crippen LogP contribution in [0.3, 0.4) is 0 Å². The Labute approximate surface area is 82.6 Å². The summed E-state index contributed by atoms with van der Waals surface area (Å²) in [6.45, 7) is 4.41. The molecule has 2 unspecified atom stereocenters. The second kappa shape index (κ2) is 2.97. The summed E-state index contributed by atoms with van der Waals surface area (Å²) in [5.74, 6) is -0.688. The van der Waals surface area contributed by atoms with Crippen LogP contribution in [0.1, 0.15) is 26.7 Å². The van der Waals surface area contributed by atoms with Crippen LogP contribution in [0.2, 0.25) is 0 Å². The van der Waals surface area contributed by atoms with Crippen molar-refractivity contribution >= 4 is 11.9 Å². The van der Waals surface area contributed by atoms with E-state index in [1.165, 1.54) is 0 Å². The summed E-state index contributed by atoms with van der Waals surface area (Å²) in [6, 6.07) is 0. The van der Waals surface area contributed by atoms with Gasteiger partial charge in [-0.2, -0.15) is 0 Å². The predicted molar refractivity (Wildman–Crippen MR) is 47.3 cm³/mol. The van der Waals surface area contributed by atoms with Crippen molar-refractivity contribution in [2.45, 2.75) is 32.8 Å². The Morgan fingerprint density at radius 3 is 2.64 bits per heavy atom. The van der Waals surface area contributed by atoms with E-state index in [9.17, 15) is 9.59 Å². The summed E-state index contributed by atoms with van der Waals surface area (Å²) >= 11 is 0. The summed E-state index contributed by atoms with van der Waals surface area (Å²) in [5, 5.41) is 0. The van der Waals surface area contributed by atoms with Crippen LogP contribution in [-0.4, -0.2) is 24.6 Å². The summed E-state index contributed by atoms with van der Waals surface area (Å²) < 4.78 is 9.77. The molecule has 4 heteroatoms. The molecule has 14 heavy (non-hydrogen) atoms. The summed E-state index contributed by atoms with van der Waals surface area (Å²) in [6.07, 6.45) is 0.699. The van der Waals surface area contributed by atoms with Crippen LogP contribution in [0.5, 0.6) is 0 Å². The molecule has 78 valence electrons. The zero-order valence-corrected chi connectivity index (χ0v) is 8.41. The average molecular weight is 198 g/mol. The van der Waals surface area contributed by atoms with Gasteiger partial charge in [0.2, 0.25) is 6.10 Å². The van der Waals surface area contributed by atoms with Crippen LogP contribution in [0, 0.1) is 11.3 Å². The number of ether oxygens (including phenoxy) is 2. The lowest BCUT2D eigenvalue weighted by molar-refractivity contribution is -0.161. The summed E-state index contributed by atoms with van der Waals surface area (Å²) in [4.78, 5) is 22.5. The lowest BCUT2D eigenvalue weighted by Crippen LogP contribution is -2.24. The minimum absolute atomic E-state index is 0.0316. The van der Waals surface area contributed by atoms with Gasteiger partial charge in [0, 0.05) is 6.42 Å². The molecule has 0 N–H and O–H groups in total. The lowest BCUT2D eigenvalue weighted by Gasteiger charge is -2.08. The third-order valence-corrected chi connectivity index (χ3v) is 2.94. The predicted octanol–water partition coefficient (Wildman–Crippen LogP) is 0.891. The maximum Gasteiger partial charge on any atom is 0.347 e. The molecule has 2 fully saturated rings. The van der Waals surface area contributed by atoms with Gasteiger partial charge >= 0.3 is 11.9 Å². The average Bonchev–Trinajstić information content (AvgIpc) is 2.54. The van der Waals surface area contributed by atoms with E-state index in [4.69, 9.17) is 9.47 Å². The lowest BCUT2D eigenvalue weighted by atomic mass is 10.1. The molecule has 1 aliphatic heterocycles. The molecule has 1 saturated carbocycles. The van der Waals surface area contributed by atoms with Crippen molar-refractivity contribution in [3.8, 4) is 0 Å². The molecule has 0 spiro atoms. The van der Waals surface area contributed by atoms with Crippen molar-refractivity contribution < 1.29 is 19.1 Å². The molecule has 1 aliphatic carbocycles. The van der Waals surface area contributed by atoms with E-state index in [-0.39, 0.29) is 17.3 Å². The number of hydrogen-bond acceptors (Lipinski definition) is 4. The highest BCUT2D eigenvalue weighted by Crippen LogP contribution is 2.52. The van der Waals surface area contributed by atoms with Gasteiger partial charge in [0.25, 0.3) is 0 Å². The summed E-state index contributed by atoms with van der Waals surface area (Å²) in [7, 11) is 0. The Balaban J connectivity index is 1.86. The van der Waals surface area contributed by atoms with Gasteiger partial charge in [-0.05, 0) is 11.8 Å². The normalized spacial score (nSPS) is 33.7. The molecule has 0 radical (unpaired) electrons. The number of rotatable bonds is 2. The largest absolute Gasteiger partial charge is 0.463 e. The SMILES string of the molecule is CC1(C)CC1C(=O)OC1CCOC1=O. The van der Waals surface area contributed by atoms with Crippen LogP contribution in [0.15, 0.2) is 0 Å². The van der Waals surface area contributed by atoms with Gasteiger partial charge in [-0.25, -0.2) is 4.79 Å². The fraction of sp³-hybridized carbons (Fsp3) is 0.800. The first-order valence-electron chi connectivity index (χ1n) is 4.88. The van der Waals surface area contributed by atoms with Crippen molar-refractivity contribution in [1.29, 1.82) is 0 Å². The van der Waals surface area contributed by atoms with E-state index in [2.05, 4.69) is 0 Å². The van der Waals surface area contributed by atoms with E-state index in [1.54, 1.807) is 0 Å². The third kappa shape index (κ3) is 1.61. The fourth-order valence-corrected chi connectivity index (χ4v) is 1.68. The molecule has 0 aromatic heterocycles. The molecule has 0 aromatic carbocycles. The first-order chi connectivity index (χ1) is 6.50. The standard InChI is InChI=1S/C10H14O4/c1-10(2)5-6(10)8(11)14-7-3-4-13-9(7)12/h6-7H,3-5H2,1-2H3. The van der Waals surface area contributed by atoms with E-state index in [0.717, 1.165) is 6.42 Å². The van der Waals surface area contributed by atoms with Gasteiger partial charge in [-0.15, -0.1) is 0 Å². The topological polar surface area (TPSA) is 52.6 Å². The molecule has 0 amide bonds. The van der Waals surface area contributed by atoms with E-state index >= 15 is 0 Å². The molecular weight excluding hydrogens is 184 g/mol. The highest BCUT2D eigenvalue weighted by atomic mass is 16.6. The zero-order valence-electron chi connectivity index (χ0n) is 8.41. The number of cyclic esters (lactones) is 1. The van der Waals surface area contributed by atoms with Crippen LogP contribution >= 0.6 is 0 Å². The van der Waals surface area contributed by atoms with Crippen molar-refractivity contribution in [3.63, 3.8) is 0 Å². The van der Waals surface area contributed by atoms with Gasteiger partial charge in [0.1, 0.15) is 0 Å². The molecule has 1 saturated heterocycles. The number of carbonyl (C=O) groups is 2. The molecule has 1 heterocycles. The smallest absolute Gasteiger partial charge is 0.347 e. The fourth-order valence-electron chi connectivity index (χ4n) is 1.68. The Morgan fingerprint density at radius 1 is 1.57 bits per heavy atom. The molecular formula is C10H14O4. The summed E-state index contributed by atoms with van der Waals surface area (Å²) in [5.41, 5.74) is 0.0552. The van der Waals surface area contributed by atoms with Crippen molar-refractivity contribution in [3.05, 3.63) is 0 Å². The Bertz CT molecular complexity index is 282. The van der Waals surface area contributed by atoms with E-state index in [0.29, 0.717) is 13.0 Å². The van der Waals surface area contributed by atoms with Gasteiger partial charge in [0.15, 0.2) is 0 Å². The molecule has 0 bridgehead atoms. The highest BCUT2D eigenvalue weighted by Gasteiger charge is 2.52. The van der Waals surface area contributed by atoms with Gasteiger partial charge < -0.3 is 9.47 Å².